The van der Waals surface area contributed by atoms with Crippen molar-refractivity contribution in [2.24, 2.45) is 7.05 Å². The standard InChI is InChI=1S/C15H15N5OS/c1-10-3-5-11(6-4-10)19-13(21)8-22-15-12-7-18-20(2)14(12)16-9-17-15/h3-7,9H,8H2,1-2H3,(H,19,21). The number of aryl methyl sites for hydroxylation is 2. The highest BCUT2D eigenvalue weighted by Crippen LogP contribution is 2.23. The van der Waals surface area contributed by atoms with Crippen LogP contribution in [0.2, 0.25) is 0 Å². The Labute approximate surface area is 132 Å². The van der Waals surface area contributed by atoms with Crippen molar-refractivity contribution in [3.05, 3.63) is 42.4 Å². The number of anilines is 1. The predicted octanol–water partition coefficient (Wildman–Crippen LogP) is 2.40. The zero-order valence-electron chi connectivity index (χ0n) is 12.3. The SMILES string of the molecule is Cc1ccc(NC(=O)CSc2ncnc3c2cnn3C)cc1. The van der Waals surface area contributed by atoms with Gasteiger partial charge in [-0.2, -0.15) is 5.10 Å². The molecule has 0 unspecified atom stereocenters. The largest absolute Gasteiger partial charge is 0.325 e. The fourth-order valence-electron chi connectivity index (χ4n) is 2.02. The van der Waals surface area contributed by atoms with Crippen LogP contribution in [0.25, 0.3) is 11.0 Å². The van der Waals surface area contributed by atoms with E-state index in [0.717, 1.165) is 27.3 Å². The topological polar surface area (TPSA) is 72.7 Å². The Hall–Kier alpha value is -2.41. The minimum Gasteiger partial charge on any atom is -0.325 e. The van der Waals surface area contributed by atoms with E-state index in [1.165, 1.54) is 18.1 Å². The summed E-state index contributed by atoms with van der Waals surface area (Å²) < 4.78 is 1.69. The van der Waals surface area contributed by atoms with Crippen molar-refractivity contribution in [1.29, 1.82) is 0 Å². The Morgan fingerprint density at radius 2 is 2.05 bits per heavy atom. The summed E-state index contributed by atoms with van der Waals surface area (Å²) in [5, 5.41) is 8.65. The van der Waals surface area contributed by atoms with Crippen molar-refractivity contribution in [2.75, 3.05) is 11.1 Å². The van der Waals surface area contributed by atoms with Crippen LogP contribution in [0.3, 0.4) is 0 Å². The van der Waals surface area contributed by atoms with E-state index in [1.807, 2.05) is 38.2 Å². The number of hydrogen-bond donors (Lipinski definition) is 1. The third-order valence-corrected chi connectivity index (χ3v) is 4.17. The highest BCUT2D eigenvalue weighted by atomic mass is 32.2. The number of rotatable bonds is 4. The molecule has 7 heteroatoms. The number of nitrogens with one attached hydrogen (secondary N) is 1. The summed E-state index contributed by atoms with van der Waals surface area (Å²) in [6, 6.07) is 7.71. The Morgan fingerprint density at radius 3 is 2.82 bits per heavy atom. The number of amides is 1. The maximum atomic E-state index is 12.0. The van der Waals surface area contributed by atoms with Crippen molar-refractivity contribution < 1.29 is 4.79 Å². The van der Waals surface area contributed by atoms with Gasteiger partial charge in [-0.15, -0.1) is 0 Å². The van der Waals surface area contributed by atoms with Crippen LogP contribution in [0.15, 0.2) is 41.8 Å². The van der Waals surface area contributed by atoms with E-state index >= 15 is 0 Å². The number of hydrogen-bond acceptors (Lipinski definition) is 5. The number of carbonyl (C=O) groups is 1. The molecule has 0 atom stereocenters. The van der Waals surface area contributed by atoms with Crippen LogP contribution < -0.4 is 5.32 Å². The van der Waals surface area contributed by atoms with Gasteiger partial charge in [0.25, 0.3) is 0 Å². The number of nitrogens with zero attached hydrogens (tertiary/aromatic N) is 4. The van der Waals surface area contributed by atoms with Gasteiger partial charge in [-0.1, -0.05) is 29.5 Å². The normalized spacial score (nSPS) is 10.8. The van der Waals surface area contributed by atoms with Crippen molar-refractivity contribution in [2.45, 2.75) is 11.9 Å². The number of fused-ring (bicyclic) bond motifs is 1. The molecule has 0 aliphatic heterocycles. The molecule has 0 bridgehead atoms. The molecule has 0 fully saturated rings. The summed E-state index contributed by atoms with van der Waals surface area (Å²) in [6.07, 6.45) is 3.21. The van der Waals surface area contributed by atoms with E-state index in [1.54, 1.807) is 10.9 Å². The molecule has 0 radical (unpaired) electrons. The maximum Gasteiger partial charge on any atom is 0.234 e. The minimum atomic E-state index is -0.0653. The zero-order chi connectivity index (χ0) is 15.5. The van der Waals surface area contributed by atoms with Gasteiger partial charge in [-0.05, 0) is 19.1 Å². The summed E-state index contributed by atoms with van der Waals surface area (Å²) in [7, 11) is 1.83. The molecule has 0 saturated carbocycles. The summed E-state index contributed by atoms with van der Waals surface area (Å²) in [5.41, 5.74) is 2.72. The molecular weight excluding hydrogens is 298 g/mol. The summed E-state index contributed by atoms with van der Waals surface area (Å²) >= 11 is 1.38. The average Bonchev–Trinajstić information content (AvgIpc) is 2.90. The first-order chi connectivity index (χ1) is 10.6. The minimum absolute atomic E-state index is 0.0653. The number of aromatic nitrogens is 4. The van der Waals surface area contributed by atoms with E-state index in [-0.39, 0.29) is 11.7 Å². The lowest BCUT2D eigenvalue weighted by Gasteiger charge is -2.05. The molecule has 3 rings (SSSR count). The smallest absolute Gasteiger partial charge is 0.234 e. The lowest BCUT2D eigenvalue weighted by Crippen LogP contribution is -2.14. The molecule has 0 aliphatic rings. The molecule has 1 N–H and O–H groups in total. The van der Waals surface area contributed by atoms with Crippen molar-refractivity contribution in [1.82, 2.24) is 19.7 Å². The van der Waals surface area contributed by atoms with Crippen LogP contribution in [0.4, 0.5) is 5.69 Å². The van der Waals surface area contributed by atoms with E-state index in [2.05, 4.69) is 20.4 Å². The van der Waals surface area contributed by atoms with Gasteiger partial charge in [0.05, 0.1) is 17.3 Å². The summed E-state index contributed by atoms with van der Waals surface area (Å²) in [4.78, 5) is 20.4. The Bertz CT molecular complexity index is 812. The monoisotopic (exact) mass is 313 g/mol. The fourth-order valence-corrected chi connectivity index (χ4v) is 2.78. The maximum absolute atomic E-state index is 12.0. The molecule has 1 aromatic carbocycles. The van der Waals surface area contributed by atoms with Gasteiger partial charge in [0.1, 0.15) is 11.4 Å². The van der Waals surface area contributed by atoms with Crippen LogP contribution in [0, 0.1) is 6.92 Å². The molecule has 3 aromatic rings. The second kappa shape index (κ2) is 6.15. The molecule has 1 amide bonds. The Balaban J connectivity index is 1.66. The zero-order valence-corrected chi connectivity index (χ0v) is 13.1. The van der Waals surface area contributed by atoms with Gasteiger partial charge in [0.15, 0.2) is 5.65 Å². The van der Waals surface area contributed by atoms with Crippen molar-refractivity contribution >= 4 is 34.4 Å². The first-order valence-electron chi connectivity index (χ1n) is 6.75. The van der Waals surface area contributed by atoms with Crippen LogP contribution in [-0.4, -0.2) is 31.4 Å². The van der Waals surface area contributed by atoms with E-state index < -0.39 is 0 Å². The molecule has 6 nitrogen and oxygen atoms in total. The fraction of sp³-hybridized carbons (Fsp3) is 0.200. The van der Waals surface area contributed by atoms with Gasteiger partial charge in [0.2, 0.25) is 5.91 Å². The van der Waals surface area contributed by atoms with Gasteiger partial charge >= 0.3 is 0 Å². The third-order valence-electron chi connectivity index (χ3n) is 3.17. The summed E-state index contributed by atoms with van der Waals surface area (Å²) in [5.74, 6) is 0.221. The second-order valence-electron chi connectivity index (χ2n) is 4.89. The molecule has 0 spiro atoms. The molecule has 0 aliphatic carbocycles. The first kappa shape index (κ1) is 14.5. The van der Waals surface area contributed by atoms with Gasteiger partial charge < -0.3 is 5.32 Å². The van der Waals surface area contributed by atoms with Gasteiger partial charge in [-0.3, -0.25) is 9.48 Å². The number of carbonyl (C=O) groups excluding carboxylic acids is 1. The second-order valence-corrected chi connectivity index (χ2v) is 5.85. The third kappa shape index (κ3) is 3.09. The summed E-state index contributed by atoms with van der Waals surface area (Å²) in [6.45, 7) is 2.01. The van der Waals surface area contributed by atoms with Crippen molar-refractivity contribution in [3.8, 4) is 0 Å². The molecule has 2 aromatic heterocycles. The van der Waals surface area contributed by atoms with Crippen LogP contribution in [0.1, 0.15) is 5.56 Å². The lowest BCUT2D eigenvalue weighted by molar-refractivity contribution is -0.113. The first-order valence-corrected chi connectivity index (χ1v) is 7.74. The molecular formula is C15H15N5OS. The van der Waals surface area contributed by atoms with Gasteiger partial charge in [-0.25, -0.2) is 9.97 Å². The lowest BCUT2D eigenvalue weighted by atomic mass is 10.2. The Kier molecular flexibility index (Phi) is 4.06. The van der Waals surface area contributed by atoms with Crippen molar-refractivity contribution in [3.63, 3.8) is 0 Å². The van der Waals surface area contributed by atoms with Crippen LogP contribution >= 0.6 is 11.8 Å². The molecule has 0 saturated heterocycles. The highest BCUT2D eigenvalue weighted by molar-refractivity contribution is 8.00. The molecule has 112 valence electrons. The highest BCUT2D eigenvalue weighted by Gasteiger charge is 2.10. The molecule has 2 heterocycles. The van der Waals surface area contributed by atoms with Gasteiger partial charge in [0, 0.05) is 12.7 Å². The average molecular weight is 313 g/mol. The number of benzene rings is 1. The Morgan fingerprint density at radius 1 is 1.27 bits per heavy atom. The van der Waals surface area contributed by atoms with Crippen LogP contribution in [0.5, 0.6) is 0 Å². The molecule has 22 heavy (non-hydrogen) atoms. The quantitative estimate of drug-likeness (QED) is 0.591. The predicted molar refractivity (Wildman–Crippen MR) is 86.8 cm³/mol. The van der Waals surface area contributed by atoms with E-state index in [4.69, 9.17) is 0 Å². The van der Waals surface area contributed by atoms with E-state index in [9.17, 15) is 4.79 Å². The van der Waals surface area contributed by atoms with Crippen LogP contribution in [-0.2, 0) is 11.8 Å². The number of thioether (sulfide) groups is 1. The van der Waals surface area contributed by atoms with E-state index in [0.29, 0.717) is 0 Å².